The van der Waals surface area contributed by atoms with Gasteiger partial charge in [-0.15, -0.1) is 35.4 Å². The van der Waals surface area contributed by atoms with Crippen molar-refractivity contribution in [2.24, 2.45) is 0 Å². The Balaban J connectivity index is 0.00000264. The summed E-state index contributed by atoms with van der Waals surface area (Å²) in [4.78, 5) is 4.64. The normalized spacial score (nSPS) is 11.3. The first kappa shape index (κ1) is 24.0. The van der Waals surface area contributed by atoms with Crippen molar-refractivity contribution in [2.45, 2.75) is 0 Å². The van der Waals surface area contributed by atoms with E-state index in [1.807, 2.05) is 69.6 Å². The first-order valence-corrected chi connectivity index (χ1v) is 12.3. The molecule has 0 aliphatic rings. The van der Waals surface area contributed by atoms with Gasteiger partial charge in [0.2, 0.25) is 0 Å². The van der Waals surface area contributed by atoms with Crippen molar-refractivity contribution < 1.29 is 25.8 Å². The van der Waals surface area contributed by atoms with Gasteiger partial charge in [0.1, 0.15) is 12.0 Å². The second kappa shape index (κ2) is 9.30. The molecular weight excluding hydrogens is 679 g/mol. The number of fused-ring (bicyclic) bond motifs is 9. The molecule has 0 amide bonds. The molecule has 0 N–H and O–H groups in total. The van der Waals surface area contributed by atoms with E-state index in [0.29, 0.717) is 28.4 Å². The first-order valence-electron chi connectivity index (χ1n) is 12.3. The van der Waals surface area contributed by atoms with Crippen molar-refractivity contribution in [3.05, 3.63) is 115 Å². The van der Waals surface area contributed by atoms with Crippen LogP contribution in [0.25, 0.3) is 54.9 Å². The maximum Gasteiger partial charge on any atom is 2.00 e. The third-order valence-corrected chi connectivity index (χ3v) is 7.00. The summed E-state index contributed by atoms with van der Waals surface area (Å²) < 4.78 is 10.2. The van der Waals surface area contributed by atoms with Crippen LogP contribution in [0.4, 0.5) is 0 Å². The van der Waals surface area contributed by atoms with Crippen LogP contribution < -0.4 is 4.74 Å². The molecule has 4 heterocycles. The van der Waals surface area contributed by atoms with E-state index in [9.17, 15) is 5.26 Å². The average molecular weight is 696 g/mol. The van der Waals surface area contributed by atoms with Gasteiger partial charge in [-0.25, -0.2) is 4.98 Å². The number of rotatable bonds is 3. The molecule has 0 radical (unpaired) electrons. The molecule has 4 aromatic carbocycles. The number of ether oxygens (including phenoxy) is 1. The fourth-order valence-corrected chi connectivity index (χ4v) is 5.35. The molecule has 0 spiro atoms. The minimum atomic E-state index is 0. The Morgan fingerprint density at radius 3 is 2.38 bits per heavy atom. The van der Waals surface area contributed by atoms with Crippen LogP contribution in [-0.4, -0.2) is 24.1 Å². The quantitative estimate of drug-likeness (QED) is 0.150. The Bertz CT molecular complexity index is 2240. The summed E-state index contributed by atoms with van der Waals surface area (Å²) in [6.07, 6.45) is 3.47. The summed E-state index contributed by atoms with van der Waals surface area (Å²) >= 11 is 0. The van der Waals surface area contributed by atoms with Crippen molar-refractivity contribution >= 4 is 49.3 Å². The second-order valence-corrected chi connectivity index (χ2v) is 9.21. The van der Waals surface area contributed by atoms with Crippen LogP contribution in [0.5, 0.6) is 11.5 Å². The molecule has 4 aromatic heterocycles. The predicted molar refractivity (Wildman–Crippen MR) is 149 cm³/mol. The minimum absolute atomic E-state index is 0. The van der Waals surface area contributed by atoms with E-state index >= 15 is 0 Å². The van der Waals surface area contributed by atoms with E-state index in [4.69, 9.17) is 4.74 Å². The van der Waals surface area contributed by atoms with Crippen molar-refractivity contribution in [3.8, 4) is 23.3 Å². The molecule has 40 heavy (non-hydrogen) atoms. The zero-order valence-corrected chi connectivity index (χ0v) is 22.9. The summed E-state index contributed by atoms with van der Waals surface area (Å²) in [5.74, 6) is 0.889. The zero-order valence-electron chi connectivity index (χ0n) is 20.6. The number of aromatic nitrogens is 5. The Morgan fingerprint density at radius 1 is 0.750 bits per heavy atom. The molecule has 0 unspecified atom stereocenters. The zero-order chi connectivity index (χ0) is 25.9. The fraction of sp³-hybridized carbons (Fsp3) is 0. The number of nitrogens with zero attached hydrogens (tertiary/aromatic N) is 6. The molecule has 8 aromatic rings. The smallest absolute Gasteiger partial charge is 0.503 e. The van der Waals surface area contributed by atoms with E-state index in [0.717, 1.165) is 43.6 Å². The standard InChI is InChI=1S/C32H16N6O.Pt/c33-18-20-14-21(38-30-10-4-2-7-26(30)27-8-5-13-34-31(27)38)16-23(15-20)39-22-11-12-24-25-6-1-3-9-29(25)37-19-35-36-32(37)28(24)17-22;/h1-15,19H;/q-2;+2. The number of pyridine rings is 2. The number of hydrogen-bond donors (Lipinski definition) is 0. The van der Waals surface area contributed by atoms with Crippen molar-refractivity contribution in [1.29, 1.82) is 5.26 Å². The van der Waals surface area contributed by atoms with Crippen molar-refractivity contribution in [3.63, 3.8) is 0 Å². The van der Waals surface area contributed by atoms with Gasteiger partial charge in [0.25, 0.3) is 0 Å². The molecule has 0 aliphatic heterocycles. The maximum absolute atomic E-state index is 9.84. The van der Waals surface area contributed by atoms with Gasteiger partial charge in [0.05, 0.1) is 17.2 Å². The van der Waals surface area contributed by atoms with Gasteiger partial charge in [-0.05, 0) is 29.7 Å². The average Bonchev–Trinajstić information content (AvgIpc) is 3.61. The molecule has 0 bridgehead atoms. The molecule has 0 saturated heterocycles. The summed E-state index contributed by atoms with van der Waals surface area (Å²) in [7, 11) is 0. The van der Waals surface area contributed by atoms with E-state index in [1.54, 1.807) is 24.7 Å². The molecular formula is C32H16N6OPt. The molecule has 8 heteroatoms. The SMILES string of the molecule is N#Cc1cc(Oc2[c-]c3c(cc2)c2ccccc2n2cnnc32)[c-]c(-n2c3ccccc3c3cccnc32)c1.[Pt+2]. The first-order chi connectivity index (χ1) is 19.3. The Kier molecular flexibility index (Phi) is 5.59. The van der Waals surface area contributed by atoms with Crippen LogP contribution in [0.2, 0.25) is 0 Å². The maximum atomic E-state index is 9.84. The summed E-state index contributed by atoms with van der Waals surface area (Å²) in [5, 5.41) is 23.3. The largest absolute Gasteiger partial charge is 2.00 e. The molecule has 190 valence electrons. The van der Waals surface area contributed by atoms with E-state index in [1.165, 1.54) is 0 Å². The molecule has 7 nitrogen and oxygen atoms in total. The number of hydrogen-bond acceptors (Lipinski definition) is 5. The van der Waals surface area contributed by atoms with Gasteiger partial charge < -0.3 is 13.7 Å². The van der Waals surface area contributed by atoms with Crippen LogP contribution in [-0.2, 0) is 21.1 Å². The number of para-hydroxylation sites is 2. The van der Waals surface area contributed by atoms with E-state index in [-0.39, 0.29) is 21.1 Å². The van der Waals surface area contributed by atoms with Gasteiger partial charge in [0, 0.05) is 34.0 Å². The van der Waals surface area contributed by atoms with Crippen molar-refractivity contribution in [1.82, 2.24) is 24.1 Å². The minimum Gasteiger partial charge on any atom is -0.503 e. The Labute approximate surface area is 242 Å². The van der Waals surface area contributed by atoms with Crippen LogP contribution >= 0.6 is 0 Å². The van der Waals surface area contributed by atoms with Gasteiger partial charge in [0.15, 0.2) is 0 Å². The number of benzene rings is 4. The van der Waals surface area contributed by atoms with Crippen LogP contribution in [0.1, 0.15) is 5.56 Å². The molecule has 0 saturated carbocycles. The summed E-state index contributed by atoms with van der Waals surface area (Å²) in [6, 6.07) is 36.5. The second-order valence-electron chi connectivity index (χ2n) is 9.21. The van der Waals surface area contributed by atoms with Gasteiger partial charge in [-0.2, -0.15) is 10.4 Å². The molecule has 8 rings (SSSR count). The van der Waals surface area contributed by atoms with Crippen LogP contribution in [0, 0.1) is 23.5 Å². The Hall–Kier alpha value is -5.05. The van der Waals surface area contributed by atoms with Gasteiger partial charge in [-0.1, -0.05) is 64.5 Å². The molecule has 0 atom stereocenters. The summed E-state index contributed by atoms with van der Waals surface area (Å²) in [5.41, 5.74) is 4.59. The predicted octanol–water partition coefficient (Wildman–Crippen LogP) is 6.79. The third-order valence-electron chi connectivity index (χ3n) is 7.00. The van der Waals surface area contributed by atoms with Gasteiger partial charge in [-0.3, -0.25) is 0 Å². The van der Waals surface area contributed by atoms with E-state index < -0.39 is 0 Å². The summed E-state index contributed by atoms with van der Waals surface area (Å²) in [6.45, 7) is 0. The van der Waals surface area contributed by atoms with E-state index in [2.05, 4.69) is 45.5 Å². The molecule has 0 aliphatic carbocycles. The fourth-order valence-electron chi connectivity index (χ4n) is 5.35. The topological polar surface area (TPSA) is 81.0 Å². The van der Waals surface area contributed by atoms with Crippen molar-refractivity contribution in [2.75, 3.05) is 0 Å². The van der Waals surface area contributed by atoms with Crippen LogP contribution in [0.15, 0.2) is 97.5 Å². The number of nitriles is 1. The monoisotopic (exact) mass is 695 g/mol. The van der Waals surface area contributed by atoms with Gasteiger partial charge >= 0.3 is 21.1 Å². The Morgan fingerprint density at radius 2 is 1.52 bits per heavy atom. The third kappa shape index (κ3) is 3.58. The molecule has 0 fully saturated rings. The van der Waals surface area contributed by atoms with Crippen LogP contribution in [0.3, 0.4) is 0 Å².